The standard InChI is InChI=1S/C19H17NO5S/c21-18-10-26-19(13-2-4-14-17(8-13)23-6-5-22-14)20(18)9-12-1-3-15-16(7-12)25-11-24-15/h1-4,7-8,19H,5-6,9-11H2. The minimum atomic E-state index is -0.0382. The highest BCUT2D eigenvalue weighted by molar-refractivity contribution is 8.00. The molecule has 1 atom stereocenters. The molecule has 1 saturated heterocycles. The zero-order valence-electron chi connectivity index (χ0n) is 14.0. The Labute approximate surface area is 155 Å². The first-order chi connectivity index (χ1) is 12.8. The van der Waals surface area contributed by atoms with Crippen LogP contribution in [0.15, 0.2) is 36.4 Å². The molecule has 0 aromatic heterocycles. The predicted molar refractivity (Wildman–Crippen MR) is 95.7 cm³/mol. The number of fused-ring (bicyclic) bond motifs is 2. The van der Waals surface area contributed by atoms with Crippen molar-refractivity contribution < 1.29 is 23.7 Å². The van der Waals surface area contributed by atoms with Crippen molar-refractivity contribution >= 4 is 17.7 Å². The molecule has 5 rings (SSSR count). The van der Waals surface area contributed by atoms with E-state index in [0.717, 1.165) is 34.1 Å². The van der Waals surface area contributed by atoms with E-state index in [4.69, 9.17) is 18.9 Å². The van der Waals surface area contributed by atoms with Gasteiger partial charge in [-0.05, 0) is 35.4 Å². The lowest BCUT2D eigenvalue weighted by atomic mass is 10.1. The molecule has 0 N–H and O–H groups in total. The number of hydrogen-bond donors (Lipinski definition) is 0. The lowest BCUT2D eigenvalue weighted by Gasteiger charge is -2.26. The zero-order valence-corrected chi connectivity index (χ0v) is 14.8. The summed E-state index contributed by atoms with van der Waals surface area (Å²) >= 11 is 1.63. The third-order valence-corrected chi connectivity index (χ3v) is 5.87. The summed E-state index contributed by atoms with van der Waals surface area (Å²) in [6.07, 6.45) is 0. The molecule has 6 nitrogen and oxygen atoms in total. The summed E-state index contributed by atoms with van der Waals surface area (Å²) in [5.74, 6) is 3.60. The van der Waals surface area contributed by atoms with Crippen LogP contribution >= 0.6 is 11.8 Å². The van der Waals surface area contributed by atoms with Crippen LogP contribution in [-0.2, 0) is 11.3 Å². The lowest BCUT2D eigenvalue weighted by Crippen LogP contribution is -2.27. The van der Waals surface area contributed by atoms with Crippen LogP contribution in [0.2, 0.25) is 0 Å². The molecule has 26 heavy (non-hydrogen) atoms. The molecule has 1 amide bonds. The van der Waals surface area contributed by atoms with Crippen molar-refractivity contribution in [2.45, 2.75) is 11.9 Å². The van der Waals surface area contributed by atoms with E-state index in [1.165, 1.54) is 0 Å². The van der Waals surface area contributed by atoms with E-state index in [0.29, 0.717) is 25.5 Å². The summed E-state index contributed by atoms with van der Waals surface area (Å²) in [6.45, 7) is 1.89. The Balaban J connectivity index is 1.41. The minimum Gasteiger partial charge on any atom is -0.486 e. The molecular formula is C19H17NO5S. The second-order valence-corrected chi connectivity index (χ2v) is 7.34. The van der Waals surface area contributed by atoms with E-state index >= 15 is 0 Å². The van der Waals surface area contributed by atoms with Gasteiger partial charge >= 0.3 is 0 Å². The van der Waals surface area contributed by atoms with Crippen molar-refractivity contribution in [2.75, 3.05) is 25.8 Å². The van der Waals surface area contributed by atoms with E-state index in [9.17, 15) is 4.79 Å². The molecule has 0 radical (unpaired) electrons. The highest BCUT2D eigenvalue weighted by Crippen LogP contribution is 2.43. The fourth-order valence-corrected chi connectivity index (χ4v) is 4.53. The minimum absolute atomic E-state index is 0.0382. The summed E-state index contributed by atoms with van der Waals surface area (Å²) in [5.41, 5.74) is 2.07. The number of thioether (sulfide) groups is 1. The molecule has 3 aliphatic rings. The second kappa shape index (κ2) is 6.32. The maximum absolute atomic E-state index is 12.5. The highest BCUT2D eigenvalue weighted by atomic mass is 32.2. The van der Waals surface area contributed by atoms with Gasteiger partial charge in [-0.2, -0.15) is 0 Å². The van der Waals surface area contributed by atoms with Crippen LogP contribution in [0.3, 0.4) is 0 Å². The number of carbonyl (C=O) groups is 1. The van der Waals surface area contributed by atoms with Gasteiger partial charge in [0.25, 0.3) is 0 Å². The topological polar surface area (TPSA) is 57.2 Å². The van der Waals surface area contributed by atoms with E-state index < -0.39 is 0 Å². The van der Waals surface area contributed by atoms with Gasteiger partial charge in [0.1, 0.15) is 18.6 Å². The molecule has 0 bridgehead atoms. The average molecular weight is 371 g/mol. The molecule has 0 aliphatic carbocycles. The van der Waals surface area contributed by atoms with Crippen molar-refractivity contribution in [1.29, 1.82) is 0 Å². The predicted octanol–water partition coefficient (Wildman–Crippen LogP) is 2.96. The number of nitrogens with zero attached hydrogens (tertiary/aromatic N) is 1. The molecule has 2 aromatic rings. The number of amides is 1. The van der Waals surface area contributed by atoms with E-state index in [1.807, 2.05) is 41.3 Å². The van der Waals surface area contributed by atoms with Crippen molar-refractivity contribution in [2.24, 2.45) is 0 Å². The van der Waals surface area contributed by atoms with Gasteiger partial charge in [0.15, 0.2) is 23.0 Å². The maximum atomic E-state index is 12.5. The third-order valence-electron chi connectivity index (χ3n) is 4.61. The van der Waals surface area contributed by atoms with Gasteiger partial charge < -0.3 is 23.8 Å². The third kappa shape index (κ3) is 2.72. The summed E-state index contributed by atoms with van der Waals surface area (Å²) in [6, 6.07) is 11.7. The van der Waals surface area contributed by atoms with Crippen LogP contribution < -0.4 is 18.9 Å². The average Bonchev–Trinajstić information content (AvgIpc) is 3.28. The summed E-state index contributed by atoms with van der Waals surface area (Å²) in [5, 5.41) is -0.0382. The zero-order chi connectivity index (χ0) is 17.5. The van der Waals surface area contributed by atoms with Crippen LogP contribution in [0.4, 0.5) is 0 Å². The maximum Gasteiger partial charge on any atom is 0.234 e. The molecule has 3 aliphatic heterocycles. The lowest BCUT2D eigenvalue weighted by molar-refractivity contribution is -0.128. The fraction of sp³-hybridized carbons (Fsp3) is 0.316. The molecule has 7 heteroatoms. The van der Waals surface area contributed by atoms with Crippen LogP contribution in [0.5, 0.6) is 23.0 Å². The second-order valence-electron chi connectivity index (χ2n) is 6.28. The first kappa shape index (κ1) is 15.7. The molecular weight excluding hydrogens is 354 g/mol. The first-order valence-corrected chi connectivity index (χ1v) is 9.52. The molecule has 2 aromatic carbocycles. The fourth-order valence-electron chi connectivity index (χ4n) is 3.35. The smallest absolute Gasteiger partial charge is 0.234 e. The Morgan fingerprint density at radius 2 is 1.65 bits per heavy atom. The van der Waals surface area contributed by atoms with Crippen molar-refractivity contribution in [3.63, 3.8) is 0 Å². The van der Waals surface area contributed by atoms with Crippen LogP contribution in [0, 0.1) is 0 Å². The summed E-state index contributed by atoms with van der Waals surface area (Å²) < 4.78 is 22.1. The van der Waals surface area contributed by atoms with Gasteiger partial charge in [-0.15, -0.1) is 11.8 Å². The number of carbonyl (C=O) groups excluding carboxylic acids is 1. The summed E-state index contributed by atoms with van der Waals surface area (Å²) in [4.78, 5) is 14.4. The number of ether oxygens (including phenoxy) is 4. The van der Waals surface area contributed by atoms with Crippen LogP contribution in [0.25, 0.3) is 0 Å². The highest BCUT2D eigenvalue weighted by Gasteiger charge is 2.33. The van der Waals surface area contributed by atoms with E-state index in [1.54, 1.807) is 11.8 Å². The van der Waals surface area contributed by atoms with Crippen molar-refractivity contribution in [3.05, 3.63) is 47.5 Å². The molecule has 0 saturated carbocycles. The van der Waals surface area contributed by atoms with Crippen molar-refractivity contribution in [3.8, 4) is 23.0 Å². The normalized spacial score (nSPS) is 20.5. The van der Waals surface area contributed by atoms with E-state index in [-0.39, 0.29) is 18.1 Å². The molecule has 3 heterocycles. The number of benzene rings is 2. The molecule has 134 valence electrons. The molecule has 1 unspecified atom stereocenters. The van der Waals surface area contributed by atoms with Gasteiger partial charge in [-0.3, -0.25) is 4.79 Å². The van der Waals surface area contributed by atoms with Gasteiger partial charge in [-0.25, -0.2) is 0 Å². The Morgan fingerprint density at radius 1 is 0.923 bits per heavy atom. The Hall–Kier alpha value is -2.54. The van der Waals surface area contributed by atoms with E-state index in [2.05, 4.69) is 0 Å². The van der Waals surface area contributed by atoms with Gasteiger partial charge in [0.2, 0.25) is 12.7 Å². The SMILES string of the molecule is O=C1CSC(c2ccc3c(c2)OCCO3)N1Cc1ccc2c(c1)OCO2. The van der Waals surface area contributed by atoms with Crippen molar-refractivity contribution in [1.82, 2.24) is 4.90 Å². The first-order valence-electron chi connectivity index (χ1n) is 8.47. The molecule has 1 fully saturated rings. The summed E-state index contributed by atoms with van der Waals surface area (Å²) in [7, 11) is 0. The van der Waals surface area contributed by atoms with Gasteiger partial charge in [0.05, 0.1) is 5.75 Å². The van der Waals surface area contributed by atoms with Gasteiger partial charge in [0, 0.05) is 6.54 Å². The quantitative estimate of drug-likeness (QED) is 0.827. The molecule has 0 spiro atoms. The monoisotopic (exact) mass is 371 g/mol. The van der Waals surface area contributed by atoms with Crippen LogP contribution in [-0.4, -0.2) is 36.6 Å². The van der Waals surface area contributed by atoms with Crippen LogP contribution in [0.1, 0.15) is 16.5 Å². The largest absolute Gasteiger partial charge is 0.486 e. The Morgan fingerprint density at radius 3 is 2.58 bits per heavy atom. The Bertz CT molecular complexity index is 871. The van der Waals surface area contributed by atoms with Gasteiger partial charge in [-0.1, -0.05) is 12.1 Å². The number of hydrogen-bond acceptors (Lipinski definition) is 6. The Kier molecular flexibility index (Phi) is 3.81. The number of rotatable bonds is 3.